The van der Waals surface area contributed by atoms with Crippen molar-refractivity contribution in [3.63, 3.8) is 0 Å². The first kappa shape index (κ1) is 69.5. The van der Waals surface area contributed by atoms with Crippen LogP contribution in [0.5, 0.6) is 0 Å². The lowest BCUT2D eigenvalue weighted by molar-refractivity contribution is -0.159. The minimum absolute atomic E-state index is 0.158. The molecule has 0 aromatic heterocycles. The van der Waals surface area contributed by atoms with Crippen molar-refractivity contribution in [2.75, 3.05) is 19.8 Å². The molecule has 11 heteroatoms. The fourth-order valence-corrected chi connectivity index (χ4v) is 8.76. The van der Waals surface area contributed by atoms with Gasteiger partial charge in [-0.1, -0.05) is 211 Å². The van der Waals surface area contributed by atoms with Crippen LogP contribution in [-0.2, 0) is 38.2 Å². The molecule has 0 aromatic rings. The number of carboxylic acid groups (broad SMARTS) is 1. The van der Waals surface area contributed by atoms with Crippen LogP contribution in [-0.4, -0.2) is 66.3 Å². The zero-order valence-electron chi connectivity index (χ0n) is 47.4. The van der Waals surface area contributed by atoms with Gasteiger partial charge < -0.3 is 30.4 Å². The van der Waals surface area contributed by atoms with Gasteiger partial charge in [-0.25, -0.2) is 0 Å². The van der Waals surface area contributed by atoms with Crippen LogP contribution < -0.4 is 11.1 Å². The molecule has 0 saturated heterocycles. The smallest absolute Gasteiger partial charge is 0.305 e. The van der Waals surface area contributed by atoms with E-state index in [1.807, 2.05) is 0 Å². The first-order valence-corrected chi connectivity index (χ1v) is 30.3. The van der Waals surface area contributed by atoms with E-state index in [1.54, 1.807) is 0 Å². The third-order valence-corrected chi connectivity index (χ3v) is 13.6. The largest absolute Gasteiger partial charge is 0.481 e. The molecule has 0 spiro atoms. The van der Waals surface area contributed by atoms with Crippen molar-refractivity contribution in [3.8, 4) is 0 Å². The van der Waals surface area contributed by atoms with E-state index in [4.69, 9.17) is 19.9 Å². The van der Waals surface area contributed by atoms with Crippen LogP contribution in [0.25, 0.3) is 0 Å². The number of allylic oxidation sites excluding steroid dienone is 6. The number of esters is 3. The maximum Gasteiger partial charge on any atom is 0.305 e. The van der Waals surface area contributed by atoms with Crippen LogP contribution >= 0.6 is 0 Å². The molecule has 0 saturated carbocycles. The standard InChI is InChI=1S/C62H112N2O9/c1-4-7-10-13-16-19-22-25-28-31-34-37-40-43-46-49-58(67)71-53-62(64-61(70)56(63)52-57(65)66,54-72-59(68)50-47-44-41-38-35-32-29-26-23-20-17-14-11-8-5-2)55-73-60(69)51-48-45-42-39-36-33-30-27-24-21-18-15-12-9-6-3/h25-30,56H,4-24,31-55,63H2,1-3H3,(H,64,70)(H,65,66)/b28-25-,29-26-,30-27?. The SMILES string of the molecule is CCCCCCCCC=CCCCCCCCC(=O)OCC(COC(=O)CCCCCCC/C=C\CCCCCCCC)(COC(=O)CCCCCCC/C=C\CCCCCCCC)NC(=O)C(N)CC(=O)O. The number of rotatable bonds is 55. The summed E-state index contributed by atoms with van der Waals surface area (Å²) in [6.07, 6.45) is 57.8. The van der Waals surface area contributed by atoms with Crippen molar-refractivity contribution in [2.24, 2.45) is 5.73 Å². The summed E-state index contributed by atoms with van der Waals surface area (Å²) >= 11 is 0. The Bertz CT molecular complexity index is 1280. The second kappa shape index (κ2) is 53.4. The van der Waals surface area contributed by atoms with Crippen molar-refractivity contribution >= 4 is 29.8 Å². The van der Waals surface area contributed by atoms with Crippen molar-refractivity contribution in [1.82, 2.24) is 5.32 Å². The predicted molar refractivity (Wildman–Crippen MR) is 302 cm³/mol. The Balaban J connectivity index is 5.28. The maximum atomic E-state index is 13.4. The van der Waals surface area contributed by atoms with Crippen LogP contribution in [0.15, 0.2) is 36.5 Å². The first-order chi connectivity index (χ1) is 35.6. The average molecular weight is 1030 g/mol. The monoisotopic (exact) mass is 1030 g/mol. The molecule has 11 nitrogen and oxygen atoms in total. The number of ether oxygens (including phenoxy) is 3. The minimum atomic E-state index is -1.68. The predicted octanol–water partition coefficient (Wildman–Crippen LogP) is 16.4. The van der Waals surface area contributed by atoms with Gasteiger partial charge in [-0.15, -0.1) is 0 Å². The van der Waals surface area contributed by atoms with Crippen LogP contribution in [0.2, 0.25) is 0 Å². The fourth-order valence-electron chi connectivity index (χ4n) is 8.76. The number of aliphatic carboxylic acids is 1. The van der Waals surface area contributed by atoms with Crippen LogP contribution in [0, 0.1) is 0 Å². The molecule has 0 aliphatic carbocycles. The van der Waals surface area contributed by atoms with Gasteiger partial charge >= 0.3 is 23.9 Å². The summed E-state index contributed by atoms with van der Waals surface area (Å²) in [5.41, 5.74) is 4.30. The molecule has 1 unspecified atom stereocenters. The quantitative estimate of drug-likeness (QED) is 0.0230. The summed E-state index contributed by atoms with van der Waals surface area (Å²) in [7, 11) is 0. The van der Waals surface area contributed by atoms with E-state index < -0.39 is 67.6 Å². The van der Waals surface area contributed by atoms with E-state index in [1.165, 1.54) is 116 Å². The molecular formula is C62H112N2O9. The number of unbranched alkanes of at least 4 members (excludes halogenated alkanes) is 33. The molecule has 1 atom stereocenters. The van der Waals surface area contributed by atoms with Gasteiger partial charge in [0.1, 0.15) is 25.4 Å². The highest BCUT2D eigenvalue weighted by Gasteiger charge is 2.39. The van der Waals surface area contributed by atoms with Crippen LogP contribution in [0.4, 0.5) is 0 Å². The Morgan fingerprint density at radius 2 is 0.630 bits per heavy atom. The molecule has 0 fully saturated rings. The number of amides is 1. The molecule has 0 rings (SSSR count). The molecule has 4 N–H and O–H groups in total. The average Bonchev–Trinajstić information content (AvgIpc) is 3.37. The van der Waals surface area contributed by atoms with Gasteiger partial charge in [0.15, 0.2) is 0 Å². The molecule has 0 bridgehead atoms. The van der Waals surface area contributed by atoms with Gasteiger partial charge in [0, 0.05) is 19.3 Å². The lowest BCUT2D eigenvalue weighted by Gasteiger charge is -2.34. The van der Waals surface area contributed by atoms with Gasteiger partial charge in [-0.2, -0.15) is 0 Å². The number of hydrogen-bond acceptors (Lipinski definition) is 9. The van der Waals surface area contributed by atoms with Gasteiger partial charge in [-0.05, 0) is 96.3 Å². The number of hydrogen-bond donors (Lipinski definition) is 3. The lowest BCUT2D eigenvalue weighted by atomic mass is 10.0. The van der Waals surface area contributed by atoms with Gasteiger partial charge in [0.2, 0.25) is 5.91 Å². The van der Waals surface area contributed by atoms with Crippen LogP contribution in [0.3, 0.4) is 0 Å². The van der Waals surface area contributed by atoms with E-state index in [0.717, 1.165) is 116 Å². The minimum Gasteiger partial charge on any atom is -0.481 e. The summed E-state index contributed by atoms with van der Waals surface area (Å²) in [5, 5.41) is 12.1. The third-order valence-electron chi connectivity index (χ3n) is 13.6. The van der Waals surface area contributed by atoms with Gasteiger partial charge in [0.25, 0.3) is 0 Å². The molecule has 0 heterocycles. The summed E-state index contributed by atoms with van der Waals surface area (Å²) in [6, 6.07) is -1.44. The molecule has 0 aliphatic heterocycles. The Hall–Kier alpha value is -3.47. The Morgan fingerprint density at radius 1 is 0.397 bits per heavy atom. The normalized spacial score (nSPS) is 12.3. The molecule has 0 aromatic carbocycles. The summed E-state index contributed by atoms with van der Waals surface area (Å²) < 4.78 is 17.2. The van der Waals surface area contributed by atoms with Crippen molar-refractivity contribution in [2.45, 2.75) is 308 Å². The summed E-state index contributed by atoms with van der Waals surface area (Å²) in [6.45, 7) is 5.36. The molecule has 424 valence electrons. The molecular weight excluding hydrogens is 917 g/mol. The van der Waals surface area contributed by atoms with E-state index >= 15 is 0 Å². The van der Waals surface area contributed by atoms with Crippen molar-refractivity contribution in [1.29, 1.82) is 0 Å². The highest BCUT2D eigenvalue weighted by molar-refractivity contribution is 5.86. The second-order valence-corrected chi connectivity index (χ2v) is 21.0. The second-order valence-electron chi connectivity index (χ2n) is 21.0. The molecule has 73 heavy (non-hydrogen) atoms. The number of nitrogens with two attached hydrogens (primary N) is 1. The van der Waals surface area contributed by atoms with E-state index in [0.29, 0.717) is 19.3 Å². The maximum absolute atomic E-state index is 13.4. The number of carbonyl (C=O) groups is 5. The first-order valence-electron chi connectivity index (χ1n) is 30.3. The summed E-state index contributed by atoms with van der Waals surface area (Å²) in [4.78, 5) is 64.3. The summed E-state index contributed by atoms with van der Waals surface area (Å²) in [5.74, 6) is -3.60. The highest BCUT2D eigenvalue weighted by Crippen LogP contribution is 2.17. The lowest BCUT2D eigenvalue weighted by Crippen LogP contribution is -2.62. The Labute approximate surface area is 447 Å². The number of carboxylic acids is 1. The Kier molecular flexibility index (Phi) is 50.8. The molecule has 0 aliphatic rings. The zero-order valence-corrected chi connectivity index (χ0v) is 47.4. The van der Waals surface area contributed by atoms with E-state index in [2.05, 4.69) is 62.5 Å². The fraction of sp³-hybridized carbons (Fsp3) is 0.823. The number of carbonyl (C=O) groups excluding carboxylic acids is 4. The molecule has 0 radical (unpaired) electrons. The van der Waals surface area contributed by atoms with Crippen LogP contribution in [0.1, 0.15) is 297 Å². The topological polar surface area (TPSA) is 171 Å². The molecule has 1 amide bonds. The van der Waals surface area contributed by atoms with Crippen molar-refractivity contribution < 1.29 is 43.3 Å². The van der Waals surface area contributed by atoms with Crippen molar-refractivity contribution in [3.05, 3.63) is 36.5 Å². The zero-order chi connectivity index (χ0) is 53.6. The number of nitrogens with one attached hydrogen (secondary N) is 1. The highest BCUT2D eigenvalue weighted by atomic mass is 16.6. The van der Waals surface area contributed by atoms with E-state index in [9.17, 15) is 29.1 Å². The van der Waals surface area contributed by atoms with Gasteiger partial charge in [-0.3, -0.25) is 24.0 Å². The van der Waals surface area contributed by atoms with Gasteiger partial charge in [0.05, 0.1) is 12.5 Å². The Morgan fingerprint density at radius 3 is 0.877 bits per heavy atom. The van der Waals surface area contributed by atoms with E-state index in [-0.39, 0.29) is 19.3 Å². The third kappa shape index (κ3) is 49.2.